The van der Waals surface area contributed by atoms with E-state index >= 15 is 0 Å². The molecule has 2 rings (SSSR count). The monoisotopic (exact) mass is 268 g/mol. The van der Waals surface area contributed by atoms with Crippen LogP contribution in [-0.2, 0) is 0 Å². The van der Waals surface area contributed by atoms with Gasteiger partial charge in [-0.05, 0) is 53.3 Å². The first-order valence-corrected chi connectivity index (χ1v) is 6.85. The van der Waals surface area contributed by atoms with E-state index in [-0.39, 0.29) is 0 Å². The van der Waals surface area contributed by atoms with Crippen LogP contribution < -0.4 is 0 Å². The molecule has 0 N–H and O–H groups in total. The second-order valence-electron chi connectivity index (χ2n) is 3.47. The molecule has 0 aliphatic heterocycles. The molecule has 0 bridgehead atoms. The molecule has 0 heterocycles. The number of benzene rings is 1. The number of thioether (sulfide) groups is 1. The van der Waals surface area contributed by atoms with E-state index in [1.54, 1.807) is 11.8 Å². The first kappa shape index (κ1) is 10.3. The Bertz CT molecular complexity index is 351. The second kappa shape index (κ2) is 4.54. The standard InChI is InChI=1S/C12H13BrS/c1-14-10-7-5-9(6-8-10)11-3-2-4-12(11)13/h5-8H,2-4H2,1H3. The zero-order valence-electron chi connectivity index (χ0n) is 8.22. The minimum Gasteiger partial charge on any atom is -0.130 e. The van der Waals surface area contributed by atoms with Crippen LogP contribution >= 0.6 is 27.7 Å². The molecule has 0 aromatic heterocycles. The third-order valence-corrected chi connectivity index (χ3v) is 4.21. The Hall–Kier alpha value is -0.210. The molecular weight excluding hydrogens is 256 g/mol. The highest BCUT2D eigenvalue weighted by Gasteiger charge is 2.13. The maximum absolute atomic E-state index is 3.65. The Morgan fingerprint density at radius 2 is 1.86 bits per heavy atom. The van der Waals surface area contributed by atoms with Crippen LogP contribution in [0.1, 0.15) is 24.8 Å². The van der Waals surface area contributed by atoms with Crippen LogP contribution in [0.25, 0.3) is 5.57 Å². The topological polar surface area (TPSA) is 0 Å². The van der Waals surface area contributed by atoms with Crippen LogP contribution in [-0.4, -0.2) is 6.26 Å². The van der Waals surface area contributed by atoms with Crippen LogP contribution in [0.15, 0.2) is 33.6 Å². The Morgan fingerprint density at radius 1 is 1.14 bits per heavy atom. The fourth-order valence-corrected chi connectivity index (χ4v) is 2.92. The highest BCUT2D eigenvalue weighted by atomic mass is 79.9. The van der Waals surface area contributed by atoms with Gasteiger partial charge in [0, 0.05) is 4.90 Å². The van der Waals surface area contributed by atoms with Crippen LogP contribution in [0.2, 0.25) is 0 Å². The van der Waals surface area contributed by atoms with Crippen LogP contribution in [0, 0.1) is 0 Å². The van der Waals surface area contributed by atoms with Crippen molar-refractivity contribution in [2.24, 2.45) is 0 Å². The van der Waals surface area contributed by atoms with E-state index in [1.807, 2.05) is 0 Å². The Morgan fingerprint density at radius 3 is 2.36 bits per heavy atom. The minimum absolute atomic E-state index is 1.21. The molecule has 14 heavy (non-hydrogen) atoms. The minimum atomic E-state index is 1.21. The molecule has 2 heteroatoms. The van der Waals surface area contributed by atoms with Crippen molar-refractivity contribution in [3.05, 3.63) is 34.3 Å². The number of halogens is 1. The third-order valence-electron chi connectivity index (χ3n) is 2.59. The van der Waals surface area contributed by atoms with Crippen molar-refractivity contribution in [1.82, 2.24) is 0 Å². The molecule has 0 atom stereocenters. The number of rotatable bonds is 2. The summed E-state index contributed by atoms with van der Waals surface area (Å²) in [6.07, 6.45) is 5.83. The maximum atomic E-state index is 3.65. The molecule has 0 saturated heterocycles. The molecular formula is C12H13BrS. The summed E-state index contributed by atoms with van der Waals surface area (Å²) in [5.41, 5.74) is 2.88. The van der Waals surface area contributed by atoms with Crippen LogP contribution in [0.3, 0.4) is 0 Å². The highest BCUT2D eigenvalue weighted by Crippen LogP contribution is 2.37. The van der Waals surface area contributed by atoms with E-state index in [9.17, 15) is 0 Å². The van der Waals surface area contributed by atoms with Gasteiger partial charge in [0.25, 0.3) is 0 Å². The lowest BCUT2D eigenvalue weighted by Crippen LogP contribution is -1.81. The molecule has 74 valence electrons. The molecule has 1 aromatic carbocycles. The average molecular weight is 269 g/mol. The fraction of sp³-hybridized carbons (Fsp3) is 0.333. The van der Waals surface area contributed by atoms with E-state index < -0.39 is 0 Å². The normalized spacial score (nSPS) is 16.4. The number of hydrogen-bond acceptors (Lipinski definition) is 1. The second-order valence-corrected chi connectivity index (χ2v) is 5.30. The summed E-state index contributed by atoms with van der Waals surface area (Å²) in [4.78, 5) is 1.34. The van der Waals surface area contributed by atoms with E-state index in [0.717, 1.165) is 0 Å². The van der Waals surface area contributed by atoms with Crippen molar-refractivity contribution in [1.29, 1.82) is 0 Å². The molecule has 1 aliphatic carbocycles. The van der Waals surface area contributed by atoms with E-state index in [4.69, 9.17) is 0 Å². The molecule has 0 radical (unpaired) electrons. The SMILES string of the molecule is CSc1ccc(C2=C(Br)CCC2)cc1. The van der Waals surface area contributed by atoms with Gasteiger partial charge in [-0.25, -0.2) is 0 Å². The summed E-state index contributed by atoms with van der Waals surface area (Å²) in [5, 5.41) is 0. The summed E-state index contributed by atoms with van der Waals surface area (Å²) in [6.45, 7) is 0. The largest absolute Gasteiger partial charge is 0.130 e. The Balaban J connectivity index is 2.29. The van der Waals surface area contributed by atoms with Gasteiger partial charge in [-0.1, -0.05) is 28.1 Å². The molecule has 0 fully saturated rings. The van der Waals surface area contributed by atoms with Gasteiger partial charge in [-0.3, -0.25) is 0 Å². The Labute approximate surface area is 97.9 Å². The molecule has 0 spiro atoms. The number of allylic oxidation sites excluding steroid dienone is 2. The summed E-state index contributed by atoms with van der Waals surface area (Å²) in [5.74, 6) is 0. The van der Waals surface area contributed by atoms with Crippen molar-refractivity contribution in [3.63, 3.8) is 0 Å². The first-order valence-electron chi connectivity index (χ1n) is 4.83. The van der Waals surface area contributed by atoms with Crippen molar-refractivity contribution < 1.29 is 0 Å². The predicted molar refractivity (Wildman–Crippen MR) is 67.9 cm³/mol. The highest BCUT2D eigenvalue weighted by molar-refractivity contribution is 9.11. The van der Waals surface area contributed by atoms with Crippen molar-refractivity contribution in [2.75, 3.05) is 6.26 Å². The molecule has 1 aliphatic rings. The predicted octanol–water partition coefficient (Wildman–Crippen LogP) is 4.70. The summed E-state index contributed by atoms with van der Waals surface area (Å²) in [7, 11) is 0. The van der Waals surface area contributed by atoms with Gasteiger partial charge in [-0.15, -0.1) is 11.8 Å². The average Bonchev–Trinajstić information content (AvgIpc) is 2.65. The summed E-state index contributed by atoms with van der Waals surface area (Å²) < 4.78 is 1.40. The van der Waals surface area contributed by atoms with Crippen LogP contribution in [0.4, 0.5) is 0 Å². The van der Waals surface area contributed by atoms with Gasteiger partial charge in [0.15, 0.2) is 0 Å². The van der Waals surface area contributed by atoms with E-state index in [2.05, 4.69) is 46.5 Å². The molecule has 1 aromatic rings. The summed E-state index contributed by atoms with van der Waals surface area (Å²) in [6, 6.07) is 8.86. The van der Waals surface area contributed by atoms with Crippen molar-refractivity contribution >= 4 is 33.3 Å². The lowest BCUT2D eigenvalue weighted by atomic mass is 10.1. The van der Waals surface area contributed by atoms with Crippen molar-refractivity contribution in [3.8, 4) is 0 Å². The quantitative estimate of drug-likeness (QED) is 0.701. The molecule has 0 amide bonds. The maximum Gasteiger partial charge on any atom is 0.00695 e. The Kier molecular flexibility index (Phi) is 3.34. The summed E-state index contributed by atoms with van der Waals surface area (Å²) >= 11 is 5.44. The fourth-order valence-electron chi connectivity index (χ4n) is 1.80. The zero-order valence-corrected chi connectivity index (χ0v) is 10.6. The number of hydrogen-bond donors (Lipinski definition) is 0. The molecule has 0 unspecified atom stereocenters. The van der Waals surface area contributed by atoms with Crippen molar-refractivity contribution in [2.45, 2.75) is 24.2 Å². The lowest BCUT2D eigenvalue weighted by molar-refractivity contribution is 0.931. The molecule has 0 saturated carbocycles. The van der Waals surface area contributed by atoms with Gasteiger partial charge in [-0.2, -0.15) is 0 Å². The van der Waals surface area contributed by atoms with E-state index in [0.29, 0.717) is 0 Å². The first-order chi connectivity index (χ1) is 6.81. The lowest BCUT2D eigenvalue weighted by Gasteiger charge is -2.04. The van der Waals surface area contributed by atoms with Gasteiger partial charge in [0.2, 0.25) is 0 Å². The van der Waals surface area contributed by atoms with Crippen LogP contribution in [0.5, 0.6) is 0 Å². The molecule has 0 nitrogen and oxygen atoms in total. The third kappa shape index (κ3) is 2.06. The zero-order chi connectivity index (χ0) is 9.97. The van der Waals surface area contributed by atoms with Gasteiger partial charge in [0.05, 0.1) is 0 Å². The van der Waals surface area contributed by atoms with Gasteiger partial charge in [0.1, 0.15) is 0 Å². The van der Waals surface area contributed by atoms with Gasteiger partial charge >= 0.3 is 0 Å². The van der Waals surface area contributed by atoms with E-state index in [1.165, 1.54) is 39.8 Å². The van der Waals surface area contributed by atoms with Gasteiger partial charge < -0.3 is 0 Å². The smallest absolute Gasteiger partial charge is 0.00695 e.